The van der Waals surface area contributed by atoms with Crippen molar-refractivity contribution < 1.29 is 34.2 Å². The average molecular weight is 611 g/mol. The quantitative estimate of drug-likeness (QED) is 0.331. The van der Waals surface area contributed by atoms with E-state index in [-0.39, 0.29) is 24.2 Å². The number of amides is 1. The third-order valence-electron chi connectivity index (χ3n) is 11.0. The van der Waals surface area contributed by atoms with E-state index in [1.807, 2.05) is 25.1 Å². The van der Waals surface area contributed by atoms with Crippen molar-refractivity contribution in [3.05, 3.63) is 22.8 Å². The largest absolute Gasteiger partial charge is 0.507 e. The predicted octanol–water partition coefficient (Wildman–Crippen LogP) is 1.38. The Labute approximate surface area is 258 Å². The Hall–Kier alpha value is -3.15. The van der Waals surface area contributed by atoms with Crippen molar-refractivity contribution in [1.82, 2.24) is 10.2 Å². The lowest BCUT2D eigenvalue weighted by atomic mass is 9.42. The number of hydrogen-bond acceptors (Lipinski definition) is 10. The molecule has 11 nitrogen and oxygen atoms in total. The summed E-state index contributed by atoms with van der Waals surface area (Å²) in [7, 11) is 6.85. The lowest BCUT2D eigenvalue weighted by Crippen LogP contribution is -2.79. The molecule has 1 aromatic rings. The summed E-state index contributed by atoms with van der Waals surface area (Å²) < 4.78 is 0. The number of phenolic OH excluding ortho intramolecular Hbond substituents is 1. The van der Waals surface area contributed by atoms with Gasteiger partial charge in [0.1, 0.15) is 5.75 Å². The summed E-state index contributed by atoms with van der Waals surface area (Å²) in [6.07, 6.45) is 6.14. The summed E-state index contributed by atoms with van der Waals surface area (Å²) in [4.78, 5) is 72.0. The third-order valence-corrected chi connectivity index (χ3v) is 11.0. The lowest BCUT2D eigenvalue weighted by molar-refractivity contribution is -0.203. The molecule has 0 radical (unpaired) electrons. The van der Waals surface area contributed by atoms with Crippen LogP contribution in [-0.2, 0) is 32.1 Å². The molecule has 3 fully saturated rings. The molecular formula is C33H46N4O7. The Bertz CT molecular complexity index is 1430. The van der Waals surface area contributed by atoms with Crippen molar-refractivity contribution in [3.63, 3.8) is 0 Å². The minimum atomic E-state index is -2.81. The van der Waals surface area contributed by atoms with E-state index in [0.717, 1.165) is 25.1 Å². The fraction of sp³-hybridized carbons (Fsp3) is 0.667. The number of rotatable bonds is 7. The molecule has 1 amide bonds. The molecule has 0 saturated heterocycles. The summed E-state index contributed by atoms with van der Waals surface area (Å²) in [5, 5.41) is 27.1. The van der Waals surface area contributed by atoms with Gasteiger partial charge in [-0.25, -0.2) is 0 Å². The van der Waals surface area contributed by atoms with Crippen LogP contribution in [0, 0.1) is 28.6 Å². The Kier molecular flexibility index (Phi) is 8.08. The monoisotopic (exact) mass is 610 g/mol. The summed E-state index contributed by atoms with van der Waals surface area (Å²) in [6.45, 7) is 4.39. The second-order valence-corrected chi connectivity index (χ2v) is 14.6. The van der Waals surface area contributed by atoms with E-state index in [1.165, 1.54) is 31.1 Å². The van der Waals surface area contributed by atoms with Gasteiger partial charge >= 0.3 is 0 Å². The topological polar surface area (TPSA) is 170 Å². The fourth-order valence-corrected chi connectivity index (χ4v) is 9.16. The highest BCUT2D eigenvalue weighted by Gasteiger charge is 2.76. The highest BCUT2D eigenvalue weighted by atomic mass is 16.3. The fourth-order valence-electron chi connectivity index (χ4n) is 9.16. The zero-order valence-corrected chi connectivity index (χ0v) is 26.7. The lowest BCUT2D eigenvalue weighted by Gasteiger charge is -2.61. The SMILES string of the molecule is CN(C)c1cc(CNCC2CCCCC2)c(O)c2c1C[C@@]1(C)C[C@@]3(C)[C@H](N(C)C)C(=O)C(C(N)=O)C(=O)[C@@]3(O)C(=O)C1C2=O. The molecule has 240 valence electrons. The minimum absolute atomic E-state index is 0.0173. The number of aromatic hydroxyl groups is 1. The second-order valence-electron chi connectivity index (χ2n) is 14.6. The van der Waals surface area contributed by atoms with Crippen molar-refractivity contribution in [2.45, 2.75) is 77.0 Å². The smallest absolute Gasteiger partial charge is 0.235 e. The Morgan fingerprint density at radius 3 is 2.25 bits per heavy atom. The van der Waals surface area contributed by atoms with Crippen molar-refractivity contribution >= 4 is 34.7 Å². The number of anilines is 1. The molecule has 6 atom stereocenters. The van der Waals surface area contributed by atoms with Gasteiger partial charge in [0.15, 0.2) is 34.7 Å². The number of aliphatic hydroxyl groups is 1. The van der Waals surface area contributed by atoms with Crippen LogP contribution in [0.5, 0.6) is 5.75 Å². The number of hydrogen-bond donors (Lipinski definition) is 4. The van der Waals surface area contributed by atoms with Crippen LogP contribution in [0.3, 0.4) is 0 Å². The van der Waals surface area contributed by atoms with E-state index in [0.29, 0.717) is 23.6 Å². The Morgan fingerprint density at radius 1 is 1.05 bits per heavy atom. The molecule has 44 heavy (non-hydrogen) atoms. The molecule has 5 rings (SSSR count). The van der Waals surface area contributed by atoms with Crippen molar-refractivity contribution in [2.75, 3.05) is 39.6 Å². The van der Waals surface area contributed by atoms with Crippen LogP contribution in [0.4, 0.5) is 5.69 Å². The normalized spacial score (nSPS) is 34.0. The average Bonchev–Trinajstić information content (AvgIpc) is 2.92. The molecule has 0 spiro atoms. The molecular weight excluding hydrogens is 564 g/mol. The number of nitrogens with one attached hydrogen (secondary N) is 1. The first-order valence-corrected chi connectivity index (χ1v) is 15.6. The molecule has 2 unspecified atom stereocenters. The van der Waals surface area contributed by atoms with Gasteiger partial charge in [-0.05, 0) is 69.3 Å². The maximum atomic E-state index is 14.5. The zero-order chi connectivity index (χ0) is 32.5. The van der Waals surface area contributed by atoms with E-state index in [9.17, 15) is 34.2 Å². The standard InChI is InChI=1S/C33H46N4O7/c1-31-13-19-20(36(3)4)12-18(15-35-14-17-10-8-7-9-11-17)24(38)21(19)25(39)23(31)29(42)33(44)28(41)22(30(34)43)26(40)27(37(5)6)32(33,2)16-31/h12,17,22-23,27,35,38,44H,7-11,13-16H2,1-6H3,(H2,34,43)/t22?,23?,27-,31+,32+,33-/m1/s1. The van der Waals surface area contributed by atoms with Crippen LogP contribution in [0.1, 0.15) is 73.9 Å². The first-order valence-electron chi connectivity index (χ1n) is 15.6. The second kappa shape index (κ2) is 11.0. The summed E-state index contributed by atoms with van der Waals surface area (Å²) in [5.41, 5.74) is 1.75. The number of benzene rings is 1. The predicted molar refractivity (Wildman–Crippen MR) is 163 cm³/mol. The zero-order valence-electron chi connectivity index (χ0n) is 26.7. The maximum Gasteiger partial charge on any atom is 0.235 e. The van der Waals surface area contributed by atoms with Gasteiger partial charge in [-0.1, -0.05) is 33.1 Å². The summed E-state index contributed by atoms with van der Waals surface area (Å²) >= 11 is 0. The van der Waals surface area contributed by atoms with E-state index < -0.39 is 63.3 Å². The van der Waals surface area contributed by atoms with Crippen LogP contribution >= 0.6 is 0 Å². The van der Waals surface area contributed by atoms with E-state index in [1.54, 1.807) is 21.0 Å². The summed E-state index contributed by atoms with van der Waals surface area (Å²) in [5.74, 6) is -8.17. The van der Waals surface area contributed by atoms with Gasteiger partial charge in [0.25, 0.3) is 0 Å². The first-order chi connectivity index (χ1) is 20.5. The van der Waals surface area contributed by atoms with Crippen molar-refractivity contribution in [3.8, 4) is 5.75 Å². The highest BCUT2D eigenvalue weighted by molar-refractivity contribution is 6.33. The van der Waals surface area contributed by atoms with Crippen LogP contribution in [0.15, 0.2) is 6.07 Å². The number of likely N-dealkylation sites (N-methyl/N-ethyl adjacent to an activating group) is 1. The number of fused-ring (bicyclic) bond motifs is 3. The number of ketones is 4. The van der Waals surface area contributed by atoms with Gasteiger partial charge in [-0.2, -0.15) is 0 Å². The van der Waals surface area contributed by atoms with Crippen molar-refractivity contribution in [2.24, 2.45) is 34.3 Å². The first kappa shape index (κ1) is 32.2. The van der Waals surface area contributed by atoms with Crippen molar-refractivity contribution in [1.29, 1.82) is 0 Å². The maximum absolute atomic E-state index is 14.5. The highest BCUT2D eigenvalue weighted by Crippen LogP contribution is 2.62. The molecule has 0 aliphatic heterocycles. The van der Waals surface area contributed by atoms with E-state index in [2.05, 4.69) is 5.32 Å². The van der Waals surface area contributed by atoms with Crippen LogP contribution in [0.25, 0.3) is 0 Å². The molecule has 4 aliphatic rings. The van der Waals surface area contributed by atoms with Gasteiger partial charge in [0.2, 0.25) is 5.91 Å². The molecule has 4 aliphatic carbocycles. The molecule has 1 aromatic carbocycles. The number of Topliss-reactive ketones (excluding diaryl/α,β-unsaturated/α-hetero) is 4. The van der Waals surface area contributed by atoms with Gasteiger partial charge in [0.05, 0.1) is 17.5 Å². The van der Waals surface area contributed by atoms with E-state index >= 15 is 0 Å². The molecule has 0 bridgehead atoms. The third kappa shape index (κ3) is 4.53. The molecule has 3 saturated carbocycles. The summed E-state index contributed by atoms with van der Waals surface area (Å²) in [6, 6.07) is 0.676. The number of nitrogens with zero attached hydrogens (tertiary/aromatic N) is 2. The van der Waals surface area contributed by atoms with Crippen LogP contribution < -0.4 is 16.0 Å². The number of phenols is 1. The minimum Gasteiger partial charge on any atom is -0.507 e. The van der Waals surface area contributed by atoms with Crippen LogP contribution in [0.2, 0.25) is 0 Å². The molecule has 0 heterocycles. The Morgan fingerprint density at radius 2 is 1.68 bits per heavy atom. The number of carbonyl (C=O) groups excluding carboxylic acids is 5. The van der Waals surface area contributed by atoms with Gasteiger partial charge in [-0.3, -0.25) is 28.9 Å². The number of primary amides is 1. The molecule has 0 aromatic heterocycles. The van der Waals surface area contributed by atoms with Gasteiger partial charge in [-0.15, -0.1) is 0 Å². The molecule has 5 N–H and O–H groups in total. The van der Waals surface area contributed by atoms with Gasteiger partial charge < -0.3 is 26.2 Å². The van der Waals surface area contributed by atoms with Crippen LogP contribution in [-0.4, -0.2) is 90.5 Å². The van der Waals surface area contributed by atoms with Gasteiger partial charge in [0, 0.05) is 37.3 Å². The number of nitrogens with two attached hydrogens (primary N) is 1. The number of carbonyl (C=O) groups is 5. The van der Waals surface area contributed by atoms with E-state index in [4.69, 9.17) is 5.73 Å². The Balaban J connectivity index is 1.60. The molecule has 11 heteroatoms.